The summed E-state index contributed by atoms with van der Waals surface area (Å²) in [6.45, 7) is 4.01. The molecule has 0 radical (unpaired) electrons. The van der Waals surface area contributed by atoms with Crippen molar-refractivity contribution in [3.63, 3.8) is 0 Å². The van der Waals surface area contributed by atoms with Gasteiger partial charge in [0.25, 0.3) is 0 Å². The Labute approximate surface area is 363 Å². The number of hydrogen-bond acceptors (Lipinski definition) is 9. The minimum Gasteiger partial charge on any atom is -0.462 e. The van der Waals surface area contributed by atoms with Crippen LogP contribution in [-0.2, 0) is 37.5 Å². The Balaban J connectivity index is 2.48. The van der Waals surface area contributed by atoms with Crippen molar-refractivity contribution in [3.05, 3.63) is 72.9 Å². The first-order chi connectivity index (χ1) is 28.8. The van der Waals surface area contributed by atoms with E-state index in [1.165, 1.54) is 25.7 Å². The first-order valence-corrected chi connectivity index (χ1v) is 24.2. The normalized spacial score (nSPS) is 18.1. The number of rotatable bonds is 37. The van der Waals surface area contributed by atoms with E-state index in [1.807, 2.05) is 45.4 Å². The summed E-state index contributed by atoms with van der Waals surface area (Å²) in [4.78, 5) is 48.0. The average molecular weight is 863 g/mol. The Morgan fingerprint density at radius 1 is 0.767 bits per heavy atom. The molecule has 0 spiro atoms. The van der Waals surface area contributed by atoms with E-state index in [1.54, 1.807) is 12.2 Å². The lowest BCUT2D eigenvalue weighted by Crippen LogP contribution is -2.37. The van der Waals surface area contributed by atoms with Crippen molar-refractivity contribution in [1.82, 2.24) is 0 Å². The maximum atomic E-state index is 12.8. The van der Waals surface area contributed by atoms with Gasteiger partial charge in [0.1, 0.15) is 19.8 Å². The van der Waals surface area contributed by atoms with Crippen LogP contribution in [0.25, 0.3) is 0 Å². The molecule has 60 heavy (non-hydrogen) atoms. The van der Waals surface area contributed by atoms with Gasteiger partial charge in [-0.2, -0.15) is 0 Å². The third kappa shape index (κ3) is 31.9. The number of phosphoric ester groups is 1. The number of likely N-dealkylation sites (N-methyl/N-ethyl adjacent to an activating group) is 1. The van der Waals surface area contributed by atoms with Gasteiger partial charge in [-0.15, -0.1) is 0 Å². The largest absolute Gasteiger partial charge is 0.472 e. The summed E-state index contributed by atoms with van der Waals surface area (Å²) in [7, 11) is 1.33. The van der Waals surface area contributed by atoms with Crippen LogP contribution in [-0.4, -0.2) is 91.9 Å². The highest BCUT2D eigenvalue weighted by molar-refractivity contribution is 7.47. The fourth-order valence-electron chi connectivity index (χ4n) is 6.24. The van der Waals surface area contributed by atoms with Gasteiger partial charge in [0, 0.05) is 18.8 Å². The van der Waals surface area contributed by atoms with Crippen LogP contribution in [0.15, 0.2) is 72.9 Å². The molecule has 0 fully saturated rings. The van der Waals surface area contributed by atoms with Crippen LogP contribution in [0, 0.1) is 11.8 Å². The maximum absolute atomic E-state index is 12.8. The highest BCUT2D eigenvalue weighted by Gasteiger charge is 2.28. The lowest BCUT2D eigenvalue weighted by Gasteiger charge is -2.24. The zero-order chi connectivity index (χ0) is 44.3. The van der Waals surface area contributed by atoms with Crippen molar-refractivity contribution in [2.24, 2.45) is 11.8 Å². The fraction of sp³-hybridized carbons (Fsp3) is 0.688. The molecule has 1 aliphatic rings. The molecule has 2 N–H and O–H groups in total. The molecule has 1 unspecified atom stereocenters. The van der Waals surface area contributed by atoms with Crippen molar-refractivity contribution in [1.29, 1.82) is 0 Å². The first kappa shape index (κ1) is 55.1. The average Bonchev–Trinajstić information content (AvgIpc) is 3.55. The van der Waals surface area contributed by atoms with Crippen LogP contribution < -0.4 is 0 Å². The number of hydrogen-bond donors (Lipinski definition) is 2. The SMILES string of the molecule is CCCCC/C=C\C/C=C\C/C=C\CCCCCCC(=O)OC[C@H](COP(=O)(O)OCC[N+](C)(C)C)OC(=O)CCC/C=C\C[C@H]1C=CC(=O)[C@@H]1/C=C/[C@@H](O)CCCCC. The van der Waals surface area contributed by atoms with E-state index in [-0.39, 0.29) is 43.7 Å². The molecule has 0 aromatic carbocycles. The summed E-state index contributed by atoms with van der Waals surface area (Å²) in [5.74, 6) is -1.22. The van der Waals surface area contributed by atoms with Gasteiger partial charge in [0.05, 0.1) is 33.9 Å². The summed E-state index contributed by atoms with van der Waals surface area (Å²) in [6.07, 6.45) is 40.1. The molecule has 0 saturated heterocycles. The number of carbonyl (C=O) groups is 3. The van der Waals surface area contributed by atoms with Crippen molar-refractivity contribution < 1.29 is 52.0 Å². The lowest BCUT2D eigenvalue weighted by atomic mass is 9.90. The van der Waals surface area contributed by atoms with Crippen molar-refractivity contribution >= 4 is 25.5 Å². The Morgan fingerprint density at radius 2 is 1.37 bits per heavy atom. The van der Waals surface area contributed by atoms with Crippen LogP contribution in [0.2, 0.25) is 0 Å². The van der Waals surface area contributed by atoms with Crippen LogP contribution in [0.3, 0.4) is 0 Å². The second-order valence-electron chi connectivity index (χ2n) is 16.7. The number of aliphatic hydroxyl groups is 1. The van der Waals surface area contributed by atoms with E-state index in [9.17, 15) is 28.9 Å². The Bertz CT molecular complexity index is 1400. The number of ketones is 1. The summed E-state index contributed by atoms with van der Waals surface area (Å²) < 4.78 is 34.3. The molecule has 11 nitrogen and oxygen atoms in total. The van der Waals surface area contributed by atoms with Crippen molar-refractivity contribution in [2.75, 3.05) is 47.5 Å². The molecule has 0 saturated carbocycles. The highest BCUT2D eigenvalue weighted by Crippen LogP contribution is 2.43. The summed E-state index contributed by atoms with van der Waals surface area (Å²) in [6, 6.07) is 0. The molecule has 342 valence electrons. The third-order valence-electron chi connectivity index (χ3n) is 9.96. The second kappa shape index (κ2) is 34.6. The van der Waals surface area contributed by atoms with Crippen LogP contribution in [0.5, 0.6) is 0 Å². The van der Waals surface area contributed by atoms with Gasteiger partial charge in [-0.05, 0) is 82.6 Å². The number of nitrogens with zero attached hydrogens (tertiary/aromatic N) is 1. The highest BCUT2D eigenvalue weighted by atomic mass is 31.2. The van der Waals surface area contributed by atoms with Gasteiger partial charge >= 0.3 is 19.8 Å². The summed E-state index contributed by atoms with van der Waals surface area (Å²) in [5.41, 5.74) is 0. The van der Waals surface area contributed by atoms with Crippen LogP contribution >= 0.6 is 7.82 Å². The molecule has 0 amide bonds. The number of carbonyl (C=O) groups excluding carboxylic acids is 3. The molecule has 0 aromatic rings. The molecular formula is C48H81NO10P+. The van der Waals surface area contributed by atoms with E-state index >= 15 is 0 Å². The number of allylic oxidation sites excluding steroid dienone is 11. The number of aliphatic hydroxyl groups excluding tert-OH is 1. The molecule has 1 aliphatic carbocycles. The Kier molecular flexibility index (Phi) is 31.8. The van der Waals surface area contributed by atoms with E-state index in [0.29, 0.717) is 43.1 Å². The molecule has 12 heteroatoms. The van der Waals surface area contributed by atoms with Crippen LogP contribution in [0.1, 0.15) is 142 Å². The lowest BCUT2D eigenvalue weighted by molar-refractivity contribution is -0.870. The number of ether oxygens (including phenoxy) is 2. The van der Waals surface area contributed by atoms with Gasteiger partial charge < -0.3 is 24.0 Å². The number of phosphoric acid groups is 1. The molecule has 0 bridgehead atoms. The minimum atomic E-state index is -4.44. The van der Waals surface area contributed by atoms with Gasteiger partial charge in [-0.3, -0.25) is 23.4 Å². The van der Waals surface area contributed by atoms with Crippen molar-refractivity contribution in [2.45, 2.75) is 154 Å². The van der Waals surface area contributed by atoms with E-state index < -0.39 is 38.6 Å². The molecule has 5 atom stereocenters. The van der Waals surface area contributed by atoms with E-state index in [4.69, 9.17) is 18.5 Å². The van der Waals surface area contributed by atoms with Gasteiger partial charge in [-0.25, -0.2) is 4.57 Å². The number of esters is 2. The fourth-order valence-corrected chi connectivity index (χ4v) is 6.99. The summed E-state index contributed by atoms with van der Waals surface area (Å²) in [5, 5.41) is 10.2. The molecule has 0 heterocycles. The summed E-state index contributed by atoms with van der Waals surface area (Å²) >= 11 is 0. The third-order valence-corrected chi connectivity index (χ3v) is 10.9. The number of quaternary nitrogens is 1. The maximum Gasteiger partial charge on any atom is 0.472 e. The molecule has 0 aliphatic heterocycles. The predicted octanol–water partition coefficient (Wildman–Crippen LogP) is 10.6. The minimum absolute atomic E-state index is 0.0117. The predicted molar refractivity (Wildman–Crippen MR) is 242 cm³/mol. The van der Waals surface area contributed by atoms with Crippen molar-refractivity contribution in [3.8, 4) is 0 Å². The van der Waals surface area contributed by atoms with Gasteiger partial charge in [0.15, 0.2) is 11.9 Å². The topological polar surface area (TPSA) is 146 Å². The molecular weight excluding hydrogens is 781 g/mol. The van der Waals surface area contributed by atoms with E-state index in [0.717, 1.165) is 57.8 Å². The molecule has 1 rings (SSSR count). The quantitative estimate of drug-likeness (QED) is 0.0203. The Hall–Kier alpha value is -2.92. The second-order valence-corrected chi connectivity index (χ2v) is 18.2. The van der Waals surface area contributed by atoms with E-state index in [2.05, 4.69) is 50.3 Å². The first-order valence-electron chi connectivity index (χ1n) is 22.7. The standard InChI is InChI=1S/C48H80NO10P/c1-6-8-10-11-12-13-14-15-16-17-18-19-20-21-22-23-28-32-47(52)56-40-44(41-58-60(54,55)57-39-38-49(3,4)5)59-48(53)33-29-25-24-27-30-42-34-37-46(51)45(42)36-35-43(50)31-26-9-7-2/h12-13,15-16,18-19,24,27,34-37,42-45,50H,6-11,14,17,20-23,25-26,28-33,38-41H2,1-5H3/p+1/b13-12-,16-15-,19-18-,27-24-,36-35+/t42-,43-,44+,45+/m0/s1. The zero-order valence-corrected chi connectivity index (χ0v) is 38.7. The molecule has 0 aromatic heterocycles. The monoisotopic (exact) mass is 863 g/mol. The smallest absolute Gasteiger partial charge is 0.462 e. The van der Waals surface area contributed by atoms with Gasteiger partial charge in [0.2, 0.25) is 0 Å². The van der Waals surface area contributed by atoms with Crippen LogP contribution in [0.4, 0.5) is 0 Å². The Morgan fingerprint density at radius 3 is 2.05 bits per heavy atom. The number of unbranched alkanes of at least 4 members (excludes halogenated alkanes) is 10. The zero-order valence-electron chi connectivity index (χ0n) is 37.8. The van der Waals surface area contributed by atoms with Gasteiger partial charge in [-0.1, -0.05) is 126 Å².